The second kappa shape index (κ2) is 11.4. The molecule has 6 heteroatoms. The van der Waals surface area contributed by atoms with Gasteiger partial charge in [0.2, 0.25) is 11.8 Å². The van der Waals surface area contributed by atoms with Gasteiger partial charge in [0.05, 0.1) is 0 Å². The van der Waals surface area contributed by atoms with Gasteiger partial charge in [-0.1, -0.05) is 54.1 Å². The van der Waals surface area contributed by atoms with E-state index >= 15 is 0 Å². The largest absolute Gasteiger partial charge is 0.350 e. The van der Waals surface area contributed by atoms with Crippen LogP contribution in [0, 0.1) is 0 Å². The Morgan fingerprint density at radius 1 is 1.07 bits per heavy atom. The lowest BCUT2D eigenvalue weighted by atomic mass is 10.1. The maximum atomic E-state index is 13.1. The van der Waals surface area contributed by atoms with Gasteiger partial charge in [-0.15, -0.1) is 0 Å². The smallest absolute Gasteiger partial charge is 0.242 e. The first kappa shape index (κ1) is 24.3. The average Bonchev–Trinajstić information content (AvgIpc) is 2.68. The van der Waals surface area contributed by atoms with E-state index < -0.39 is 6.04 Å². The first-order chi connectivity index (χ1) is 14.2. The molecule has 162 valence electrons. The Morgan fingerprint density at radius 3 is 2.37 bits per heavy atom. The zero-order valence-corrected chi connectivity index (χ0v) is 19.7. The number of amides is 2. The molecule has 0 aliphatic heterocycles. The van der Waals surface area contributed by atoms with Crippen LogP contribution in [0.15, 0.2) is 54.6 Å². The van der Waals surface area contributed by atoms with Crippen molar-refractivity contribution in [1.29, 1.82) is 0 Å². The second-order valence-corrected chi connectivity index (χ2v) is 9.90. The molecular weight excluding hydrogens is 416 g/mol. The van der Waals surface area contributed by atoms with Crippen LogP contribution in [0.4, 0.5) is 0 Å². The number of hydrogen-bond acceptors (Lipinski definition) is 3. The predicted molar refractivity (Wildman–Crippen MR) is 127 cm³/mol. The molecule has 0 aliphatic rings. The van der Waals surface area contributed by atoms with Crippen molar-refractivity contribution >= 4 is 35.2 Å². The first-order valence-corrected chi connectivity index (χ1v) is 11.7. The van der Waals surface area contributed by atoms with Crippen LogP contribution in [-0.2, 0) is 21.9 Å². The SMILES string of the molecule is C[C@H](C(=O)NC(C)(C)C)N(Cc1cccc(Cl)c1)C(=O)CCSCc1ccccc1. The number of carbonyl (C=O) groups is 2. The first-order valence-electron chi connectivity index (χ1n) is 10.1. The van der Waals surface area contributed by atoms with E-state index in [2.05, 4.69) is 17.4 Å². The fourth-order valence-corrected chi connectivity index (χ4v) is 4.06. The Morgan fingerprint density at radius 2 is 1.73 bits per heavy atom. The molecule has 2 aromatic carbocycles. The van der Waals surface area contributed by atoms with Crippen LogP contribution in [-0.4, -0.2) is 34.0 Å². The minimum absolute atomic E-state index is 0.0351. The van der Waals surface area contributed by atoms with Crippen LogP contribution in [0.5, 0.6) is 0 Å². The van der Waals surface area contributed by atoms with Crippen LogP contribution in [0.25, 0.3) is 0 Å². The summed E-state index contributed by atoms with van der Waals surface area (Å²) in [5.41, 5.74) is 1.79. The molecular formula is C24H31ClN2O2S. The van der Waals surface area contributed by atoms with Crippen molar-refractivity contribution in [2.75, 3.05) is 5.75 Å². The van der Waals surface area contributed by atoms with Gasteiger partial charge in [-0.25, -0.2) is 0 Å². The molecule has 2 rings (SSSR count). The number of nitrogens with zero attached hydrogens (tertiary/aromatic N) is 1. The predicted octanol–water partition coefficient (Wildman–Crippen LogP) is 5.30. The minimum atomic E-state index is -0.574. The van der Waals surface area contributed by atoms with E-state index in [9.17, 15) is 9.59 Å². The highest BCUT2D eigenvalue weighted by Gasteiger charge is 2.28. The number of halogens is 1. The van der Waals surface area contributed by atoms with Crippen LogP contribution in [0.3, 0.4) is 0 Å². The zero-order chi connectivity index (χ0) is 22.1. The molecule has 0 aliphatic carbocycles. The van der Waals surface area contributed by atoms with Crippen molar-refractivity contribution in [3.63, 3.8) is 0 Å². The van der Waals surface area contributed by atoms with Gasteiger partial charge in [-0.3, -0.25) is 9.59 Å². The molecule has 0 spiro atoms. The van der Waals surface area contributed by atoms with E-state index in [1.807, 2.05) is 57.2 Å². The lowest BCUT2D eigenvalue weighted by Gasteiger charge is -2.31. The normalized spacial score (nSPS) is 12.3. The summed E-state index contributed by atoms with van der Waals surface area (Å²) in [6, 6.07) is 17.0. The Balaban J connectivity index is 2.03. The maximum absolute atomic E-state index is 13.1. The lowest BCUT2D eigenvalue weighted by Crippen LogP contribution is -2.52. The standard InChI is InChI=1S/C24H31ClN2O2S/c1-18(23(29)26-24(2,3)4)27(16-20-11-8-12-21(25)15-20)22(28)13-14-30-17-19-9-6-5-7-10-19/h5-12,15,18H,13-14,16-17H2,1-4H3,(H,26,29)/t18-/m1/s1. The Bertz CT molecular complexity index is 837. The number of carbonyl (C=O) groups excluding carboxylic acids is 2. The lowest BCUT2D eigenvalue weighted by molar-refractivity contribution is -0.140. The van der Waals surface area contributed by atoms with Gasteiger partial charge in [-0.2, -0.15) is 11.8 Å². The Kier molecular flexibility index (Phi) is 9.25. The topological polar surface area (TPSA) is 49.4 Å². The van der Waals surface area contributed by atoms with E-state index in [0.717, 1.165) is 11.3 Å². The van der Waals surface area contributed by atoms with Crippen LogP contribution in [0.1, 0.15) is 45.2 Å². The van der Waals surface area contributed by atoms with E-state index in [4.69, 9.17) is 11.6 Å². The molecule has 0 heterocycles. The molecule has 30 heavy (non-hydrogen) atoms. The Hall–Kier alpha value is -1.98. The molecule has 0 unspecified atom stereocenters. The number of nitrogens with one attached hydrogen (secondary N) is 1. The maximum Gasteiger partial charge on any atom is 0.242 e. The van der Waals surface area contributed by atoms with Gasteiger partial charge in [-0.05, 0) is 51.0 Å². The van der Waals surface area contributed by atoms with Crippen molar-refractivity contribution in [3.8, 4) is 0 Å². The van der Waals surface area contributed by atoms with E-state index in [-0.39, 0.29) is 17.4 Å². The van der Waals surface area contributed by atoms with Crippen LogP contribution in [0.2, 0.25) is 5.02 Å². The highest BCUT2D eigenvalue weighted by atomic mass is 35.5. The van der Waals surface area contributed by atoms with Crippen molar-refractivity contribution in [1.82, 2.24) is 10.2 Å². The molecule has 0 fully saturated rings. The third kappa shape index (κ3) is 8.41. The molecule has 0 aromatic heterocycles. The summed E-state index contributed by atoms with van der Waals surface area (Å²) < 4.78 is 0. The second-order valence-electron chi connectivity index (χ2n) is 8.35. The van der Waals surface area contributed by atoms with E-state index in [1.165, 1.54) is 5.56 Å². The summed E-state index contributed by atoms with van der Waals surface area (Å²) in [6.45, 7) is 7.92. The van der Waals surface area contributed by atoms with Crippen molar-refractivity contribution in [2.45, 2.75) is 58.0 Å². The van der Waals surface area contributed by atoms with Gasteiger partial charge in [0.15, 0.2) is 0 Å². The molecule has 2 amide bonds. The zero-order valence-electron chi connectivity index (χ0n) is 18.2. The monoisotopic (exact) mass is 446 g/mol. The van der Waals surface area contributed by atoms with Gasteiger partial charge in [0.25, 0.3) is 0 Å². The molecule has 4 nitrogen and oxygen atoms in total. The number of thioether (sulfide) groups is 1. The molecule has 1 atom stereocenters. The molecule has 2 aromatic rings. The van der Waals surface area contributed by atoms with Crippen molar-refractivity contribution in [3.05, 3.63) is 70.7 Å². The average molecular weight is 447 g/mol. The van der Waals surface area contributed by atoms with Gasteiger partial charge < -0.3 is 10.2 Å². The summed E-state index contributed by atoms with van der Waals surface area (Å²) in [4.78, 5) is 27.4. The summed E-state index contributed by atoms with van der Waals surface area (Å²) in [7, 11) is 0. The van der Waals surface area contributed by atoms with Gasteiger partial charge in [0, 0.05) is 35.0 Å². The fraction of sp³-hybridized carbons (Fsp3) is 0.417. The van der Waals surface area contributed by atoms with Gasteiger partial charge >= 0.3 is 0 Å². The molecule has 0 bridgehead atoms. The third-order valence-corrected chi connectivity index (χ3v) is 5.74. The van der Waals surface area contributed by atoms with Crippen LogP contribution >= 0.6 is 23.4 Å². The molecule has 0 radical (unpaired) electrons. The molecule has 0 saturated heterocycles. The van der Waals surface area contributed by atoms with E-state index in [0.29, 0.717) is 23.7 Å². The minimum Gasteiger partial charge on any atom is -0.350 e. The summed E-state index contributed by atoms with van der Waals surface area (Å²) in [5.74, 6) is 1.37. The highest BCUT2D eigenvalue weighted by Crippen LogP contribution is 2.18. The number of benzene rings is 2. The number of hydrogen-bond donors (Lipinski definition) is 1. The van der Waals surface area contributed by atoms with Crippen LogP contribution < -0.4 is 5.32 Å². The number of rotatable bonds is 9. The fourth-order valence-electron chi connectivity index (χ4n) is 2.96. The Labute approximate surface area is 189 Å². The van der Waals surface area contributed by atoms with Crippen molar-refractivity contribution < 1.29 is 9.59 Å². The third-order valence-electron chi connectivity index (χ3n) is 4.48. The van der Waals surface area contributed by atoms with Gasteiger partial charge in [0.1, 0.15) is 6.04 Å². The summed E-state index contributed by atoms with van der Waals surface area (Å²) in [6.07, 6.45) is 0.380. The highest BCUT2D eigenvalue weighted by molar-refractivity contribution is 7.98. The summed E-state index contributed by atoms with van der Waals surface area (Å²) in [5, 5.41) is 3.59. The van der Waals surface area contributed by atoms with Crippen molar-refractivity contribution in [2.24, 2.45) is 0 Å². The molecule has 0 saturated carbocycles. The molecule has 1 N–H and O–H groups in total. The van der Waals surface area contributed by atoms with E-state index in [1.54, 1.807) is 29.7 Å². The quantitative estimate of drug-likeness (QED) is 0.532. The summed E-state index contributed by atoms with van der Waals surface area (Å²) >= 11 is 7.83.